The molecule has 0 amide bonds. The molecule has 1 aliphatic carbocycles. The Bertz CT molecular complexity index is 447. The summed E-state index contributed by atoms with van der Waals surface area (Å²) in [7, 11) is 1.57. The molecule has 0 spiro atoms. The zero-order valence-corrected chi connectivity index (χ0v) is 9.90. The molecule has 0 heterocycles. The van der Waals surface area contributed by atoms with E-state index in [9.17, 15) is 0 Å². The number of hydrogen-bond acceptors (Lipinski definition) is 4. The van der Waals surface area contributed by atoms with Crippen LogP contribution in [0.2, 0.25) is 0 Å². The predicted molar refractivity (Wildman–Crippen MR) is 63.9 cm³/mol. The van der Waals surface area contributed by atoms with Crippen molar-refractivity contribution in [1.29, 1.82) is 5.26 Å². The van der Waals surface area contributed by atoms with Crippen LogP contribution in [0.15, 0.2) is 18.2 Å². The molecule has 1 aromatic carbocycles. The fourth-order valence-corrected chi connectivity index (χ4v) is 1.72. The van der Waals surface area contributed by atoms with Gasteiger partial charge < -0.3 is 15.2 Å². The molecular formula is C13H16N2O2. The lowest BCUT2D eigenvalue weighted by Crippen LogP contribution is -2.23. The SMILES string of the molecule is COc1cccc(C#N)c1OCC1(CN)CC1. The molecule has 4 heteroatoms. The van der Waals surface area contributed by atoms with Crippen molar-refractivity contribution in [2.24, 2.45) is 11.1 Å². The molecule has 1 aliphatic rings. The van der Waals surface area contributed by atoms with Crippen molar-refractivity contribution in [2.75, 3.05) is 20.3 Å². The molecule has 0 radical (unpaired) electrons. The van der Waals surface area contributed by atoms with Crippen molar-refractivity contribution in [3.8, 4) is 17.6 Å². The average molecular weight is 232 g/mol. The molecule has 2 rings (SSSR count). The van der Waals surface area contributed by atoms with E-state index in [1.807, 2.05) is 0 Å². The van der Waals surface area contributed by atoms with Crippen LogP contribution in [-0.4, -0.2) is 20.3 Å². The summed E-state index contributed by atoms with van der Waals surface area (Å²) in [6.07, 6.45) is 2.20. The third kappa shape index (κ3) is 2.34. The Morgan fingerprint density at radius 3 is 2.76 bits per heavy atom. The predicted octanol–water partition coefficient (Wildman–Crippen LogP) is 1.68. The van der Waals surface area contributed by atoms with Gasteiger partial charge >= 0.3 is 0 Å². The maximum atomic E-state index is 9.03. The number of rotatable bonds is 5. The monoisotopic (exact) mass is 232 g/mol. The Morgan fingerprint density at radius 2 is 2.24 bits per heavy atom. The van der Waals surface area contributed by atoms with Crippen molar-refractivity contribution in [2.45, 2.75) is 12.8 Å². The highest BCUT2D eigenvalue weighted by molar-refractivity contribution is 5.52. The summed E-state index contributed by atoms with van der Waals surface area (Å²) in [6.45, 7) is 1.18. The highest BCUT2D eigenvalue weighted by Gasteiger charge is 2.42. The zero-order valence-electron chi connectivity index (χ0n) is 9.90. The van der Waals surface area contributed by atoms with Gasteiger partial charge in [0.25, 0.3) is 0 Å². The van der Waals surface area contributed by atoms with Crippen LogP contribution in [0.4, 0.5) is 0 Å². The van der Waals surface area contributed by atoms with Gasteiger partial charge in [-0.2, -0.15) is 5.26 Å². The largest absolute Gasteiger partial charge is 0.493 e. The van der Waals surface area contributed by atoms with Crippen LogP contribution in [0.25, 0.3) is 0 Å². The lowest BCUT2D eigenvalue weighted by atomic mass is 10.1. The fraction of sp³-hybridized carbons (Fsp3) is 0.462. The van der Waals surface area contributed by atoms with Crippen molar-refractivity contribution in [1.82, 2.24) is 0 Å². The molecule has 4 nitrogen and oxygen atoms in total. The van der Waals surface area contributed by atoms with Crippen LogP contribution < -0.4 is 15.2 Å². The van der Waals surface area contributed by atoms with Crippen LogP contribution in [-0.2, 0) is 0 Å². The number of hydrogen-bond donors (Lipinski definition) is 1. The topological polar surface area (TPSA) is 68.3 Å². The van der Waals surface area contributed by atoms with Crippen molar-refractivity contribution < 1.29 is 9.47 Å². The van der Waals surface area contributed by atoms with Gasteiger partial charge in [-0.1, -0.05) is 6.07 Å². The van der Waals surface area contributed by atoms with Crippen LogP contribution in [0.1, 0.15) is 18.4 Å². The molecule has 0 aromatic heterocycles. The minimum absolute atomic E-state index is 0.119. The minimum atomic E-state index is 0.119. The van der Waals surface area contributed by atoms with E-state index in [4.69, 9.17) is 20.5 Å². The number of nitriles is 1. The molecular weight excluding hydrogens is 216 g/mol. The number of nitrogens with two attached hydrogens (primary N) is 1. The number of benzene rings is 1. The summed E-state index contributed by atoms with van der Waals surface area (Å²) in [5, 5.41) is 9.03. The molecule has 0 saturated heterocycles. The van der Waals surface area contributed by atoms with E-state index in [0.717, 1.165) is 12.8 Å². The number of nitrogens with zero attached hydrogens (tertiary/aromatic N) is 1. The van der Waals surface area contributed by atoms with Gasteiger partial charge in [-0.3, -0.25) is 0 Å². The highest BCUT2D eigenvalue weighted by Crippen LogP contribution is 2.45. The first kappa shape index (κ1) is 11.7. The van der Waals surface area contributed by atoms with Gasteiger partial charge in [0.05, 0.1) is 19.3 Å². The molecule has 0 unspecified atom stereocenters. The third-order valence-electron chi connectivity index (χ3n) is 3.23. The fourth-order valence-electron chi connectivity index (χ4n) is 1.72. The van der Waals surface area contributed by atoms with E-state index < -0.39 is 0 Å². The standard InChI is InChI=1S/C13H16N2O2/c1-16-11-4-2-3-10(7-14)12(11)17-9-13(8-15)5-6-13/h2-4H,5-6,8-9,15H2,1H3. The number of para-hydroxylation sites is 1. The van der Waals surface area contributed by atoms with E-state index in [0.29, 0.717) is 30.2 Å². The Balaban J connectivity index is 2.16. The van der Waals surface area contributed by atoms with Crippen LogP contribution in [0.5, 0.6) is 11.5 Å². The lowest BCUT2D eigenvalue weighted by Gasteiger charge is -2.16. The second-order valence-electron chi connectivity index (χ2n) is 4.44. The molecule has 90 valence electrons. The molecule has 17 heavy (non-hydrogen) atoms. The van der Waals surface area contributed by atoms with Gasteiger partial charge in [0.2, 0.25) is 0 Å². The van der Waals surface area contributed by atoms with Gasteiger partial charge in [-0.25, -0.2) is 0 Å². The normalized spacial score (nSPS) is 16.1. The van der Waals surface area contributed by atoms with Gasteiger partial charge in [0.15, 0.2) is 11.5 Å². The van der Waals surface area contributed by atoms with Gasteiger partial charge in [-0.05, 0) is 25.0 Å². The molecule has 1 fully saturated rings. The highest BCUT2D eigenvalue weighted by atomic mass is 16.5. The Labute approximate surface area is 101 Å². The van der Waals surface area contributed by atoms with Gasteiger partial charge in [0, 0.05) is 12.0 Å². The van der Waals surface area contributed by atoms with E-state index in [2.05, 4.69) is 6.07 Å². The smallest absolute Gasteiger partial charge is 0.178 e. The lowest BCUT2D eigenvalue weighted by molar-refractivity contribution is 0.228. The first-order valence-electron chi connectivity index (χ1n) is 5.65. The minimum Gasteiger partial charge on any atom is -0.493 e. The van der Waals surface area contributed by atoms with Crippen molar-refractivity contribution >= 4 is 0 Å². The summed E-state index contributed by atoms with van der Waals surface area (Å²) in [5.41, 5.74) is 6.31. The van der Waals surface area contributed by atoms with Crippen LogP contribution >= 0.6 is 0 Å². The maximum Gasteiger partial charge on any atom is 0.178 e. The Kier molecular flexibility index (Phi) is 3.21. The molecule has 0 bridgehead atoms. The van der Waals surface area contributed by atoms with Crippen molar-refractivity contribution in [3.63, 3.8) is 0 Å². The quantitative estimate of drug-likeness (QED) is 0.838. The Morgan fingerprint density at radius 1 is 1.47 bits per heavy atom. The van der Waals surface area contributed by atoms with Crippen molar-refractivity contribution in [3.05, 3.63) is 23.8 Å². The summed E-state index contributed by atoms with van der Waals surface area (Å²) < 4.78 is 10.9. The summed E-state index contributed by atoms with van der Waals surface area (Å²) >= 11 is 0. The second-order valence-corrected chi connectivity index (χ2v) is 4.44. The maximum absolute atomic E-state index is 9.03. The Hall–Kier alpha value is -1.73. The first-order chi connectivity index (χ1) is 8.24. The van der Waals surface area contributed by atoms with Crippen LogP contribution in [0, 0.1) is 16.7 Å². The van der Waals surface area contributed by atoms with E-state index in [1.54, 1.807) is 25.3 Å². The summed E-state index contributed by atoms with van der Waals surface area (Å²) in [6, 6.07) is 7.40. The molecule has 2 N–H and O–H groups in total. The number of methoxy groups -OCH3 is 1. The van der Waals surface area contributed by atoms with E-state index in [1.165, 1.54) is 0 Å². The third-order valence-corrected chi connectivity index (χ3v) is 3.23. The summed E-state index contributed by atoms with van der Waals surface area (Å²) in [5.74, 6) is 1.12. The molecule has 1 aromatic rings. The van der Waals surface area contributed by atoms with Gasteiger partial charge in [-0.15, -0.1) is 0 Å². The first-order valence-corrected chi connectivity index (χ1v) is 5.65. The van der Waals surface area contributed by atoms with Gasteiger partial charge in [0.1, 0.15) is 6.07 Å². The van der Waals surface area contributed by atoms with E-state index >= 15 is 0 Å². The number of ether oxygens (including phenoxy) is 2. The second kappa shape index (κ2) is 4.64. The average Bonchev–Trinajstić information content (AvgIpc) is 3.16. The van der Waals surface area contributed by atoms with Crippen LogP contribution in [0.3, 0.4) is 0 Å². The van der Waals surface area contributed by atoms with E-state index in [-0.39, 0.29) is 5.41 Å². The summed E-state index contributed by atoms with van der Waals surface area (Å²) in [4.78, 5) is 0. The molecule has 0 atom stereocenters. The zero-order chi connectivity index (χ0) is 12.3. The molecule has 1 saturated carbocycles. The molecule has 0 aliphatic heterocycles.